The van der Waals surface area contributed by atoms with Gasteiger partial charge in [-0.25, -0.2) is 4.39 Å². The zero-order valence-corrected chi connectivity index (χ0v) is 19.6. The van der Waals surface area contributed by atoms with Gasteiger partial charge in [0, 0.05) is 29.2 Å². The average molecular weight is 490 g/mol. The number of hydrogen-bond acceptors (Lipinski definition) is 9. The SMILES string of the molecule is CCNCc1cc(O)c2c(c1F)CC1C[C@H]3[C@H](N(C)C)C(O)=C(C(N)=O)C4(O)O[C@]34C(=O)C1=C2O. The number of nitrogens with two attached hydrogens (primary N) is 1. The van der Waals surface area contributed by atoms with E-state index in [0.717, 1.165) is 0 Å². The number of nitrogens with one attached hydrogen (secondary N) is 1. The lowest BCUT2D eigenvalue weighted by molar-refractivity contribution is -0.127. The zero-order chi connectivity index (χ0) is 25.6. The molecule has 5 atom stereocenters. The van der Waals surface area contributed by atoms with E-state index in [0.29, 0.717) is 6.54 Å². The Bertz CT molecular complexity index is 1240. The van der Waals surface area contributed by atoms with Gasteiger partial charge < -0.3 is 36.2 Å². The smallest absolute Gasteiger partial charge is 0.253 e. The number of phenols is 1. The van der Waals surface area contributed by atoms with Crippen LogP contribution in [0.3, 0.4) is 0 Å². The normalized spacial score (nSPS) is 33.3. The molecule has 0 radical (unpaired) electrons. The molecule has 1 aliphatic heterocycles. The van der Waals surface area contributed by atoms with E-state index in [1.165, 1.54) is 6.07 Å². The van der Waals surface area contributed by atoms with Crippen molar-refractivity contribution in [3.8, 4) is 5.75 Å². The number of aliphatic hydroxyl groups is 3. The van der Waals surface area contributed by atoms with E-state index in [1.54, 1.807) is 19.0 Å². The Hall–Kier alpha value is -2.99. The van der Waals surface area contributed by atoms with Gasteiger partial charge in [0.25, 0.3) is 5.91 Å². The van der Waals surface area contributed by atoms with Crippen LogP contribution in [-0.2, 0) is 27.3 Å². The minimum Gasteiger partial charge on any atom is -0.510 e. The number of carbonyl (C=O) groups excluding carboxylic acids is 2. The van der Waals surface area contributed by atoms with Crippen molar-refractivity contribution >= 4 is 17.4 Å². The highest BCUT2D eigenvalue weighted by Crippen LogP contribution is 2.67. The molecule has 0 bridgehead atoms. The molecule has 35 heavy (non-hydrogen) atoms. The fraction of sp³-hybridized carbons (Fsp3) is 0.500. The van der Waals surface area contributed by atoms with Gasteiger partial charge >= 0.3 is 0 Å². The Labute approximate surface area is 200 Å². The van der Waals surface area contributed by atoms with Crippen molar-refractivity contribution in [3.05, 3.63) is 45.5 Å². The third-order valence-corrected chi connectivity index (χ3v) is 7.80. The molecule has 10 nitrogen and oxygen atoms in total. The van der Waals surface area contributed by atoms with E-state index in [1.807, 2.05) is 6.92 Å². The van der Waals surface area contributed by atoms with E-state index in [4.69, 9.17) is 10.5 Å². The van der Waals surface area contributed by atoms with Crippen LogP contribution in [-0.4, -0.2) is 75.1 Å². The van der Waals surface area contributed by atoms with Crippen molar-refractivity contribution in [2.75, 3.05) is 20.6 Å². The number of rotatable bonds is 5. The maximum Gasteiger partial charge on any atom is 0.253 e. The number of fused-ring (bicyclic) bond motifs is 2. The number of Topliss-reactive ketones (excluding diaryl/α,β-unsaturated/α-hetero) is 1. The Morgan fingerprint density at radius 3 is 2.63 bits per heavy atom. The molecule has 5 rings (SSSR count). The van der Waals surface area contributed by atoms with Crippen LogP contribution >= 0.6 is 0 Å². The molecule has 7 N–H and O–H groups in total. The lowest BCUT2D eigenvalue weighted by atomic mass is 9.58. The molecule has 1 aromatic carbocycles. The number of amides is 1. The number of phenolic OH excluding ortho intramolecular Hbond substituents is 1. The van der Waals surface area contributed by atoms with Gasteiger partial charge in [-0.15, -0.1) is 0 Å². The highest BCUT2D eigenvalue weighted by molar-refractivity contribution is 6.14. The van der Waals surface area contributed by atoms with Gasteiger partial charge in [0.1, 0.15) is 28.7 Å². The van der Waals surface area contributed by atoms with Gasteiger partial charge in [0.05, 0.1) is 11.6 Å². The van der Waals surface area contributed by atoms with Crippen LogP contribution in [0.15, 0.2) is 23.0 Å². The van der Waals surface area contributed by atoms with Crippen molar-refractivity contribution in [3.63, 3.8) is 0 Å². The second-order valence-corrected chi connectivity index (χ2v) is 9.85. The predicted molar refractivity (Wildman–Crippen MR) is 120 cm³/mol. The minimum absolute atomic E-state index is 0.0120. The van der Waals surface area contributed by atoms with E-state index in [2.05, 4.69) is 5.32 Å². The Morgan fingerprint density at radius 2 is 2.03 bits per heavy atom. The lowest BCUT2D eigenvalue weighted by Crippen LogP contribution is -2.60. The summed E-state index contributed by atoms with van der Waals surface area (Å²) in [7, 11) is 3.27. The third-order valence-electron chi connectivity index (χ3n) is 7.80. The van der Waals surface area contributed by atoms with E-state index in [9.17, 15) is 30.0 Å². The van der Waals surface area contributed by atoms with Gasteiger partial charge in [-0.2, -0.15) is 0 Å². The maximum atomic E-state index is 15.4. The minimum atomic E-state index is -2.45. The molecule has 0 aromatic heterocycles. The zero-order valence-electron chi connectivity index (χ0n) is 19.6. The van der Waals surface area contributed by atoms with E-state index < -0.39 is 63.9 Å². The summed E-state index contributed by atoms with van der Waals surface area (Å²) in [6.07, 6.45) is 0.140. The molecule has 2 fully saturated rings. The summed E-state index contributed by atoms with van der Waals surface area (Å²) in [4.78, 5) is 27.6. The molecule has 1 amide bonds. The number of epoxide rings is 1. The second kappa shape index (κ2) is 7.50. The number of carbonyl (C=O) groups is 2. The van der Waals surface area contributed by atoms with Crippen molar-refractivity contribution in [2.24, 2.45) is 17.6 Å². The van der Waals surface area contributed by atoms with Crippen LogP contribution in [0, 0.1) is 17.7 Å². The van der Waals surface area contributed by atoms with Crippen LogP contribution in [0.1, 0.15) is 30.0 Å². The van der Waals surface area contributed by atoms with Gasteiger partial charge in [-0.3, -0.25) is 14.5 Å². The predicted octanol–water partition coefficient (Wildman–Crippen LogP) is 0.370. The summed E-state index contributed by atoms with van der Waals surface area (Å²) >= 11 is 0. The molecule has 1 saturated carbocycles. The maximum absolute atomic E-state index is 15.4. The van der Waals surface area contributed by atoms with Crippen LogP contribution in [0.4, 0.5) is 4.39 Å². The first-order valence-corrected chi connectivity index (χ1v) is 11.5. The highest BCUT2D eigenvalue weighted by atomic mass is 19.1. The number of nitrogens with zero attached hydrogens (tertiary/aromatic N) is 1. The first-order chi connectivity index (χ1) is 16.4. The summed E-state index contributed by atoms with van der Waals surface area (Å²) < 4.78 is 21.0. The molecule has 1 saturated heterocycles. The monoisotopic (exact) mass is 489 g/mol. The molecule has 1 heterocycles. The molecular weight excluding hydrogens is 461 g/mol. The number of hydrogen-bond donors (Lipinski definition) is 6. The number of ether oxygens (including phenoxy) is 1. The lowest BCUT2D eigenvalue weighted by Gasteiger charge is -2.45. The summed E-state index contributed by atoms with van der Waals surface area (Å²) in [5.41, 5.74) is 2.92. The quantitative estimate of drug-likeness (QED) is 0.320. The molecule has 188 valence electrons. The van der Waals surface area contributed by atoms with Crippen LogP contribution in [0.2, 0.25) is 0 Å². The number of likely N-dealkylation sites (N-methyl/N-ethyl adjacent to an activating group) is 1. The third kappa shape index (κ3) is 2.83. The number of aliphatic hydroxyl groups excluding tert-OH is 2. The summed E-state index contributed by atoms with van der Waals surface area (Å²) in [6, 6.07) is 0.314. The van der Waals surface area contributed by atoms with Crippen LogP contribution in [0.5, 0.6) is 5.75 Å². The first kappa shape index (κ1) is 23.7. The largest absolute Gasteiger partial charge is 0.510 e. The summed E-state index contributed by atoms with van der Waals surface area (Å²) in [5.74, 6) is -7.87. The fourth-order valence-corrected chi connectivity index (χ4v) is 6.35. The van der Waals surface area contributed by atoms with Crippen molar-refractivity contribution in [2.45, 2.75) is 43.7 Å². The molecular formula is C24H28FN3O7. The Balaban J connectivity index is 1.68. The summed E-state index contributed by atoms with van der Waals surface area (Å²) in [6.45, 7) is 2.63. The Kier molecular flexibility index (Phi) is 5.09. The highest BCUT2D eigenvalue weighted by Gasteiger charge is 2.85. The van der Waals surface area contributed by atoms with Crippen molar-refractivity contribution in [1.82, 2.24) is 10.2 Å². The number of aromatic hydroxyl groups is 1. The van der Waals surface area contributed by atoms with Gasteiger partial charge in [-0.05, 0) is 45.5 Å². The molecule has 11 heteroatoms. The van der Waals surface area contributed by atoms with E-state index in [-0.39, 0.29) is 47.4 Å². The number of benzene rings is 1. The van der Waals surface area contributed by atoms with Crippen molar-refractivity contribution in [1.29, 1.82) is 0 Å². The number of ketones is 1. The molecule has 3 aliphatic carbocycles. The topological polar surface area (TPSA) is 169 Å². The van der Waals surface area contributed by atoms with Gasteiger partial charge in [0.15, 0.2) is 5.60 Å². The van der Waals surface area contributed by atoms with Crippen LogP contribution in [0.25, 0.3) is 5.76 Å². The number of halogens is 1. The molecule has 2 unspecified atom stereocenters. The number of primary amides is 1. The van der Waals surface area contributed by atoms with Crippen molar-refractivity contribution < 1.29 is 39.1 Å². The molecule has 4 aliphatic rings. The average Bonchev–Trinajstić information content (AvgIpc) is 3.40. The standard InChI is InChI=1S/C24H28FN3O7/c1-4-27-8-10-7-13(29)15-11(17(10)25)5-9-6-12-18(28(2)3)20(31)16(22(26)33)24(34)23(12,35-24)21(32)14(9)19(15)30/h7,9,12,18,27,29-31,34H,4-6,8H2,1-3H3,(H2,26,33)/t9?,12-,18-,23-,24?/m0/s1. The molecule has 1 aromatic rings. The van der Waals surface area contributed by atoms with Gasteiger partial charge in [-0.1, -0.05) is 6.92 Å². The second-order valence-electron chi connectivity index (χ2n) is 9.85. The summed E-state index contributed by atoms with van der Waals surface area (Å²) in [5, 5.41) is 46.8. The Morgan fingerprint density at radius 1 is 1.34 bits per heavy atom. The fourth-order valence-electron chi connectivity index (χ4n) is 6.35. The first-order valence-electron chi connectivity index (χ1n) is 11.5. The van der Waals surface area contributed by atoms with E-state index >= 15 is 4.39 Å². The van der Waals surface area contributed by atoms with Crippen LogP contribution < -0.4 is 11.1 Å². The van der Waals surface area contributed by atoms with Gasteiger partial charge in [0.2, 0.25) is 11.6 Å². The molecule has 1 spiro atoms.